The molecule has 1 aliphatic heterocycles. The van der Waals surface area contributed by atoms with Crippen LogP contribution < -0.4 is 5.32 Å². The number of ether oxygens (including phenoxy) is 1. The highest BCUT2D eigenvalue weighted by Crippen LogP contribution is 2.25. The lowest BCUT2D eigenvalue weighted by molar-refractivity contribution is -0.141. The van der Waals surface area contributed by atoms with E-state index in [4.69, 9.17) is 0 Å². The van der Waals surface area contributed by atoms with E-state index in [1.165, 1.54) is 24.1 Å². The Morgan fingerprint density at radius 1 is 1.59 bits per heavy atom. The quantitative estimate of drug-likeness (QED) is 0.791. The van der Waals surface area contributed by atoms with Gasteiger partial charge in [-0.2, -0.15) is 0 Å². The van der Waals surface area contributed by atoms with Gasteiger partial charge in [-0.25, -0.2) is 9.18 Å². The number of amides is 2. The molecule has 0 unspecified atom stereocenters. The van der Waals surface area contributed by atoms with Crippen LogP contribution in [-0.2, 0) is 16.1 Å². The average molecular weight is 238 g/mol. The normalized spacial score (nSPS) is 14.0. The molecule has 0 saturated carbocycles. The van der Waals surface area contributed by atoms with E-state index in [9.17, 15) is 14.0 Å². The first-order valence-electron chi connectivity index (χ1n) is 5.02. The lowest BCUT2D eigenvalue weighted by Crippen LogP contribution is -2.42. The van der Waals surface area contributed by atoms with Gasteiger partial charge in [0.15, 0.2) is 0 Å². The molecule has 0 radical (unpaired) electrons. The van der Waals surface area contributed by atoms with Crippen molar-refractivity contribution < 1.29 is 18.7 Å². The van der Waals surface area contributed by atoms with Crippen molar-refractivity contribution in [1.29, 1.82) is 0 Å². The molecule has 0 fully saturated rings. The van der Waals surface area contributed by atoms with Crippen LogP contribution in [0.4, 0.5) is 14.9 Å². The summed E-state index contributed by atoms with van der Waals surface area (Å²) in [4.78, 5) is 23.9. The Morgan fingerprint density at radius 3 is 3.06 bits per heavy atom. The fourth-order valence-corrected chi connectivity index (χ4v) is 1.64. The number of fused-ring (bicyclic) bond motifs is 1. The van der Waals surface area contributed by atoms with Gasteiger partial charge in [0.2, 0.25) is 0 Å². The fraction of sp³-hybridized carbons (Fsp3) is 0.273. The summed E-state index contributed by atoms with van der Waals surface area (Å²) in [5.41, 5.74) is 0.812. The van der Waals surface area contributed by atoms with Gasteiger partial charge in [-0.05, 0) is 12.1 Å². The Hall–Kier alpha value is -2.11. The summed E-state index contributed by atoms with van der Waals surface area (Å²) in [7, 11) is 1.23. The first kappa shape index (κ1) is 11.4. The molecule has 0 bridgehead atoms. The number of benzene rings is 1. The second-order valence-corrected chi connectivity index (χ2v) is 3.63. The largest absolute Gasteiger partial charge is 0.468 e. The SMILES string of the molecule is COC(=O)CN1Cc2c(F)cccc2NC1=O. The molecule has 0 aromatic heterocycles. The van der Waals surface area contributed by atoms with Gasteiger partial charge >= 0.3 is 12.0 Å². The zero-order valence-electron chi connectivity index (χ0n) is 9.20. The summed E-state index contributed by atoms with van der Waals surface area (Å²) >= 11 is 0. The van der Waals surface area contributed by atoms with Crippen LogP contribution in [0.3, 0.4) is 0 Å². The van der Waals surface area contributed by atoms with Crippen LogP contribution in [0.5, 0.6) is 0 Å². The highest BCUT2D eigenvalue weighted by molar-refractivity contribution is 5.94. The molecule has 1 aliphatic rings. The summed E-state index contributed by atoms with van der Waals surface area (Å²) < 4.78 is 18.0. The molecular weight excluding hydrogens is 227 g/mol. The molecular formula is C11H11FN2O3. The number of rotatable bonds is 2. The number of anilines is 1. The number of carbonyl (C=O) groups excluding carboxylic acids is 2. The standard InChI is InChI=1S/C11H11FN2O3/c1-17-10(15)6-14-5-7-8(12)3-2-4-9(7)13-11(14)16/h2-4H,5-6H2,1H3,(H,13,16). The molecule has 2 amide bonds. The Bertz CT molecular complexity index is 476. The van der Waals surface area contributed by atoms with Crippen LogP contribution >= 0.6 is 0 Å². The highest BCUT2D eigenvalue weighted by Gasteiger charge is 2.26. The average Bonchev–Trinajstić information content (AvgIpc) is 2.31. The van der Waals surface area contributed by atoms with E-state index in [0.717, 1.165) is 0 Å². The van der Waals surface area contributed by atoms with Gasteiger partial charge in [-0.1, -0.05) is 6.07 Å². The number of carbonyl (C=O) groups is 2. The van der Waals surface area contributed by atoms with Gasteiger partial charge in [-0.15, -0.1) is 0 Å². The molecule has 17 heavy (non-hydrogen) atoms. The van der Waals surface area contributed by atoms with Crippen molar-refractivity contribution in [2.24, 2.45) is 0 Å². The summed E-state index contributed by atoms with van der Waals surface area (Å²) in [6.07, 6.45) is 0. The van der Waals surface area contributed by atoms with Crippen LogP contribution in [0.15, 0.2) is 18.2 Å². The van der Waals surface area contributed by atoms with E-state index in [-0.39, 0.29) is 13.1 Å². The number of hydrogen-bond acceptors (Lipinski definition) is 3. The van der Waals surface area contributed by atoms with Crippen molar-refractivity contribution in [1.82, 2.24) is 4.90 Å². The summed E-state index contributed by atoms with van der Waals surface area (Å²) in [5, 5.41) is 2.52. The van der Waals surface area contributed by atoms with E-state index in [0.29, 0.717) is 11.3 Å². The van der Waals surface area contributed by atoms with Crippen molar-refractivity contribution in [2.45, 2.75) is 6.54 Å². The Balaban J connectivity index is 2.23. The summed E-state index contributed by atoms with van der Waals surface area (Å²) in [6.45, 7) is -0.140. The van der Waals surface area contributed by atoms with Crippen LogP contribution in [0.25, 0.3) is 0 Å². The first-order valence-corrected chi connectivity index (χ1v) is 5.02. The minimum absolute atomic E-state index is 0.0585. The third-order valence-electron chi connectivity index (χ3n) is 2.54. The molecule has 0 saturated heterocycles. The van der Waals surface area contributed by atoms with E-state index >= 15 is 0 Å². The van der Waals surface area contributed by atoms with Crippen molar-refractivity contribution in [3.8, 4) is 0 Å². The van der Waals surface area contributed by atoms with Crippen molar-refractivity contribution in [3.05, 3.63) is 29.6 Å². The predicted octanol–water partition coefficient (Wildman–Crippen LogP) is 1.35. The van der Waals surface area contributed by atoms with E-state index in [1.54, 1.807) is 6.07 Å². The number of hydrogen-bond donors (Lipinski definition) is 1. The molecule has 2 rings (SSSR count). The Morgan fingerprint density at radius 2 is 2.35 bits per heavy atom. The molecule has 0 aliphatic carbocycles. The Labute approximate surface area is 97.2 Å². The van der Waals surface area contributed by atoms with E-state index < -0.39 is 17.8 Å². The summed E-state index contributed by atoms with van der Waals surface area (Å²) in [6, 6.07) is 4.01. The van der Waals surface area contributed by atoms with Gasteiger partial charge in [0, 0.05) is 5.56 Å². The molecule has 1 heterocycles. The van der Waals surface area contributed by atoms with Crippen molar-refractivity contribution >= 4 is 17.7 Å². The highest BCUT2D eigenvalue weighted by atomic mass is 19.1. The van der Waals surface area contributed by atoms with Gasteiger partial charge in [0.25, 0.3) is 0 Å². The molecule has 1 aromatic rings. The molecule has 0 atom stereocenters. The molecule has 6 heteroatoms. The topological polar surface area (TPSA) is 58.6 Å². The maximum Gasteiger partial charge on any atom is 0.325 e. The number of esters is 1. The molecule has 1 aromatic carbocycles. The zero-order valence-corrected chi connectivity index (χ0v) is 9.20. The van der Waals surface area contributed by atoms with Crippen molar-refractivity contribution in [2.75, 3.05) is 19.0 Å². The maximum atomic E-state index is 13.5. The minimum atomic E-state index is -0.542. The van der Waals surface area contributed by atoms with Gasteiger partial charge < -0.3 is 15.0 Å². The number of nitrogens with one attached hydrogen (secondary N) is 1. The van der Waals surface area contributed by atoms with Crippen LogP contribution in [0.2, 0.25) is 0 Å². The van der Waals surface area contributed by atoms with Crippen molar-refractivity contribution in [3.63, 3.8) is 0 Å². The Kier molecular flexibility index (Phi) is 2.95. The van der Waals surface area contributed by atoms with Gasteiger partial charge in [0.05, 0.1) is 19.3 Å². The summed E-state index contributed by atoms with van der Waals surface area (Å²) in [5.74, 6) is -0.947. The molecule has 90 valence electrons. The molecule has 5 nitrogen and oxygen atoms in total. The molecule has 1 N–H and O–H groups in total. The number of methoxy groups -OCH3 is 1. The number of halogens is 1. The molecule has 0 spiro atoms. The fourth-order valence-electron chi connectivity index (χ4n) is 1.64. The lowest BCUT2D eigenvalue weighted by atomic mass is 10.1. The van der Waals surface area contributed by atoms with Gasteiger partial charge in [0.1, 0.15) is 12.4 Å². The van der Waals surface area contributed by atoms with E-state index in [2.05, 4.69) is 10.1 Å². The van der Waals surface area contributed by atoms with E-state index in [1.807, 2.05) is 0 Å². The second-order valence-electron chi connectivity index (χ2n) is 3.63. The minimum Gasteiger partial charge on any atom is -0.468 e. The second kappa shape index (κ2) is 4.40. The van der Waals surface area contributed by atoms with Gasteiger partial charge in [-0.3, -0.25) is 4.79 Å². The number of nitrogens with zero attached hydrogens (tertiary/aromatic N) is 1. The smallest absolute Gasteiger partial charge is 0.325 e. The predicted molar refractivity (Wildman–Crippen MR) is 57.8 cm³/mol. The lowest BCUT2D eigenvalue weighted by Gasteiger charge is -2.28. The third-order valence-corrected chi connectivity index (χ3v) is 2.54. The van der Waals surface area contributed by atoms with Crippen LogP contribution in [0, 0.1) is 5.82 Å². The first-order chi connectivity index (χ1) is 8.11. The number of urea groups is 1. The van der Waals surface area contributed by atoms with Crippen LogP contribution in [0.1, 0.15) is 5.56 Å². The zero-order chi connectivity index (χ0) is 12.4. The monoisotopic (exact) mass is 238 g/mol. The maximum absolute atomic E-state index is 13.5. The third kappa shape index (κ3) is 2.20. The van der Waals surface area contributed by atoms with Crippen LogP contribution in [-0.4, -0.2) is 30.6 Å².